The molecule has 176 valence electrons. The number of fused-ring (bicyclic) bond motifs is 4. The van der Waals surface area contributed by atoms with Crippen LogP contribution in [0.4, 0.5) is 16.3 Å². The molecule has 3 N–H and O–H groups in total. The predicted octanol–water partition coefficient (Wildman–Crippen LogP) is 5.03. The van der Waals surface area contributed by atoms with Crippen molar-refractivity contribution in [3.63, 3.8) is 0 Å². The maximum atomic E-state index is 12.7. The summed E-state index contributed by atoms with van der Waals surface area (Å²) in [6, 6.07) is 20.2. The summed E-state index contributed by atoms with van der Waals surface area (Å²) < 4.78 is 0. The average molecular weight is 474 g/mol. The molecular formula is C27H31N5OS. The number of aryl methyl sites for hydroxylation is 1. The Morgan fingerprint density at radius 3 is 2.74 bits per heavy atom. The first-order valence-corrected chi connectivity index (χ1v) is 13.4. The van der Waals surface area contributed by atoms with Gasteiger partial charge in [0.25, 0.3) is 0 Å². The summed E-state index contributed by atoms with van der Waals surface area (Å²) in [5, 5.41) is 10.9. The molecule has 2 bridgehead atoms. The lowest BCUT2D eigenvalue weighted by Crippen LogP contribution is -2.57. The molecule has 2 amide bonds. The van der Waals surface area contributed by atoms with Gasteiger partial charge < -0.3 is 16.0 Å². The van der Waals surface area contributed by atoms with Gasteiger partial charge in [-0.05, 0) is 74.2 Å². The van der Waals surface area contributed by atoms with Gasteiger partial charge in [-0.15, -0.1) is 0 Å². The largest absolute Gasteiger partial charge is 0.363 e. The molecule has 4 atom stereocenters. The first kappa shape index (κ1) is 21.7. The molecule has 34 heavy (non-hydrogen) atoms. The van der Waals surface area contributed by atoms with E-state index in [-0.39, 0.29) is 12.1 Å². The van der Waals surface area contributed by atoms with E-state index in [1.807, 2.05) is 36.0 Å². The normalized spacial score (nSPS) is 26.1. The number of thioether (sulfide) groups is 1. The third kappa shape index (κ3) is 4.34. The minimum absolute atomic E-state index is 0.120. The number of amides is 2. The second kappa shape index (κ2) is 9.12. The Labute approximate surface area is 204 Å². The molecule has 6 nitrogen and oxygen atoms in total. The van der Waals surface area contributed by atoms with Crippen LogP contribution < -0.4 is 16.0 Å². The molecule has 1 aromatic heterocycles. The van der Waals surface area contributed by atoms with Gasteiger partial charge in [0, 0.05) is 40.7 Å². The van der Waals surface area contributed by atoms with E-state index in [0.29, 0.717) is 18.1 Å². The number of nitrogens with zero attached hydrogens (tertiary/aromatic N) is 2. The van der Waals surface area contributed by atoms with Crippen LogP contribution >= 0.6 is 11.8 Å². The van der Waals surface area contributed by atoms with Crippen molar-refractivity contribution in [2.45, 2.75) is 49.9 Å². The van der Waals surface area contributed by atoms with E-state index in [0.717, 1.165) is 59.6 Å². The number of aromatic nitrogens is 1. The molecule has 2 aliphatic heterocycles. The Balaban J connectivity index is 1.09. The van der Waals surface area contributed by atoms with Gasteiger partial charge in [0.2, 0.25) is 0 Å². The third-order valence-corrected chi connectivity index (χ3v) is 8.86. The number of piperidine rings is 1. The van der Waals surface area contributed by atoms with Gasteiger partial charge in [0.05, 0.1) is 11.6 Å². The van der Waals surface area contributed by atoms with Crippen LogP contribution in [0.15, 0.2) is 54.6 Å². The second-order valence-electron chi connectivity index (χ2n) is 9.82. The summed E-state index contributed by atoms with van der Waals surface area (Å²) in [5.41, 5.74) is 4.52. The van der Waals surface area contributed by atoms with Gasteiger partial charge in [-0.3, -0.25) is 4.90 Å². The van der Waals surface area contributed by atoms with Crippen molar-refractivity contribution in [2.24, 2.45) is 0 Å². The lowest BCUT2D eigenvalue weighted by molar-refractivity contribution is 0.114. The molecule has 3 heterocycles. The van der Waals surface area contributed by atoms with Crippen molar-refractivity contribution in [1.29, 1.82) is 0 Å². The lowest BCUT2D eigenvalue weighted by Gasteiger charge is -2.46. The number of hydrogen-bond acceptors (Lipinski definition) is 5. The monoisotopic (exact) mass is 473 g/mol. The molecule has 0 radical (unpaired) electrons. The zero-order chi connectivity index (χ0) is 23.1. The van der Waals surface area contributed by atoms with Crippen LogP contribution in [0.3, 0.4) is 0 Å². The van der Waals surface area contributed by atoms with E-state index >= 15 is 0 Å². The molecule has 6 rings (SSSR count). The average Bonchev–Trinajstić information content (AvgIpc) is 3.23. The summed E-state index contributed by atoms with van der Waals surface area (Å²) in [7, 11) is 2.22. The van der Waals surface area contributed by atoms with Crippen molar-refractivity contribution in [2.75, 3.05) is 29.2 Å². The highest BCUT2D eigenvalue weighted by molar-refractivity contribution is 7.99. The SMILES string of the molecule is CN1[C@@H]2CSC[C@H]1CC(NC(=O)Nc1ccc3nc(N[C@@H]4CCc5ccccc54)ccc3c1)C2. The quantitative estimate of drug-likeness (QED) is 0.496. The fourth-order valence-corrected chi connectivity index (χ4v) is 7.16. The minimum atomic E-state index is -0.120. The summed E-state index contributed by atoms with van der Waals surface area (Å²) in [5.74, 6) is 3.21. The van der Waals surface area contributed by atoms with Crippen molar-refractivity contribution in [3.8, 4) is 0 Å². The minimum Gasteiger partial charge on any atom is -0.363 e. The summed E-state index contributed by atoms with van der Waals surface area (Å²) in [6.45, 7) is 0. The highest BCUT2D eigenvalue weighted by atomic mass is 32.2. The molecule has 7 heteroatoms. The van der Waals surface area contributed by atoms with Crippen molar-refractivity contribution in [1.82, 2.24) is 15.2 Å². The number of anilines is 2. The number of benzene rings is 2. The molecule has 0 saturated carbocycles. The molecule has 3 aliphatic rings. The Hall–Kier alpha value is -2.77. The zero-order valence-electron chi connectivity index (χ0n) is 19.5. The van der Waals surface area contributed by atoms with Gasteiger partial charge in [0.1, 0.15) is 5.82 Å². The molecule has 2 aromatic carbocycles. The first-order chi connectivity index (χ1) is 16.6. The highest BCUT2D eigenvalue weighted by Crippen LogP contribution is 2.34. The lowest BCUT2D eigenvalue weighted by atomic mass is 9.93. The third-order valence-electron chi connectivity index (χ3n) is 7.62. The van der Waals surface area contributed by atoms with E-state index in [1.54, 1.807) is 0 Å². The molecule has 0 spiro atoms. The van der Waals surface area contributed by atoms with Crippen molar-refractivity contribution in [3.05, 3.63) is 65.7 Å². The van der Waals surface area contributed by atoms with Crippen LogP contribution in [0.2, 0.25) is 0 Å². The maximum Gasteiger partial charge on any atom is 0.319 e. The molecular weight excluding hydrogens is 442 g/mol. The van der Waals surface area contributed by atoms with E-state index in [2.05, 4.69) is 58.2 Å². The van der Waals surface area contributed by atoms with E-state index in [9.17, 15) is 4.79 Å². The second-order valence-corrected chi connectivity index (χ2v) is 10.9. The topological polar surface area (TPSA) is 69.3 Å². The molecule has 3 aromatic rings. The molecule has 1 aliphatic carbocycles. The fraction of sp³-hybridized carbons (Fsp3) is 0.407. The number of nitrogens with one attached hydrogen (secondary N) is 3. The Kier molecular flexibility index (Phi) is 5.83. The highest BCUT2D eigenvalue weighted by Gasteiger charge is 2.36. The number of urea groups is 1. The van der Waals surface area contributed by atoms with Crippen LogP contribution in [-0.2, 0) is 6.42 Å². The van der Waals surface area contributed by atoms with Gasteiger partial charge in [-0.25, -0.2) is 9.78 Å². The Morgan fingerprint density at radius 2 is 1.88 bits per heavy atom. The zero-order valence-corrected chi connectivity index (χ0v) is 20.3. The Morgan fingerprint density at radius 1 is 1.06 bits per heavy atom. The number of carbonyl (C=O) groups is 1. The number of carbonyl (C=O) groups excluding carboxylic acids is 1. The molecule has 1 unspecified atom stereocenters. The first-order valence-electron chi connectivity index (χ1n) is 12.2. The number of hydrogen-bond donors (Lipinski definition) is 3. The fourth-order valence-electron chi connectivity index (χ4n) is 5.73. The van der Waals surface area contributed by atoms with E-state index in [4.69, 9.17) is 4.98 Å². The van der Waals surface area contributed by atoms with Crippen molar-refractivity contribution < 1.29 is 4.79 Å². The number of rotatable bonds is 4. The van der Waals surface area contributed by atoms with Gasteiger partial charge in [-0.2, -0.15) is 11.8 Å². The summed E-state index contributed by atoms with van der Waals surface area (Å²) in [6.07, 6.45) is 4.25. The number of pyridine rings is 1. The van der Waals surface area contributed by atoms with Crippen LogP contribution in [0.25, 0.3) is 10.9 Å². The summed E-state index contributed by atoms with van der Waals surface area (Å²) >= 11 is 2.04. The molecule has 2 fully saturated rings. The standard InChI is InChI=1S/C27H31N5OS/c1-32-21-13-20(14-22(32)16-34-15-21)29-27(33)28-19-8-10-24-18(12-19)7-11-26(30-24)31-25-9-6-17-4-2-3-5-23(17)25/h2-5,7-8,10-12,20-22,25H,6,9,13-16H2,1H3,(H,30,31)(H2,28,29,33)/t20?,21-,22+,25-/m1/s1. The predicted molar refractivity (Wildman–Crippen MR) is 141 cm³/mol. The van der Waals surface area contributed by atoms with Crippen LogP contribution in [0.1, 0.15) is 36.4 Å². The van der Waals surface area contributed by atoms with Gasteiger partial charge >= 0.3 is 6.03 Å². The Bertz CT molecular complexity index is 1200. The van der Waals surface area contributed by atoms with Gasteiger partial charge in [0.15, 0.2) is 0 Å². The van der Waals surface area contributed by atoms with Gasteiger partial charge in [-0.1, -0.05) is 24.3 Å². The summed E-state index contributed by atoms with van der Waals surface area (Å²) in [4.78, 5) is 20.0. The smallest absolute Gasteiger partial charge is 0.319 e. The van der Waals surface area contributed by atoms with E-state index in [1.165, 1.54) is 11.1 Å². The maximum absolute atomic E-state index is 12.7. The molecule has 2 saturated heterocycles. The van der Waals surface area contributed by atoms with Crippen LogP contribution in [-0.4, -0.2) is 52.6 Å². The van der Waals surface area contributed by atoms with Crippen LogP contribution in [0, 0.1) is 0 Å². The van der Waals surface area contributed by atoms with Crippen molar-refractivity contribution >= 4 is 40.2 Å². The van der Waals surface area contributed by atoms with E-state index < -0.39 is 0 Å². The van der Waals surface area contributed by atoms with Crippen LogP contribution in [0.5, 0.6) is 0 Å².